The van der Waals surface area contributed by atoms with Gasteiger partial charge >= 0.3 is 0 Å². The number of rotatable bonds is 8. The normalized spacial score (nSPS) is 11.0. The second kappa shape index (κ2) is 11.9. The minimum atomic E-state index is -0.546. The molecule has 0 aromatic heterocycles. The van der Waals surface area contributed by atoms with E-state index in [1.54, 1.807) is 36.4 Å². The van der Waals surface area contributed by atoms with E-state index in [0.29, 0.717) is 43.9 Å². The van der Waals surface area contributed by atoms with Crippen molar-refractivity contribution in [1.82, 2.24) is 0 Å². The van der Waals surface area contributed by atoms with Crippen molar-refractivity contribution in [3.63, 3.8) is 0 Å². The van der Waals surface area contributed by atoms with Crippen molar-refractivity contribution < 1.29 is 14.3 Å². The highest BCUT2D eigenvalue weighted by Crippen LogP contribution is 2.38. The second-order valence-electron chi connectivity index (χ2n) is 7.23. The fourth-order valence-electron chi connectivity index (χ4n) is 3.02. The van der Waals surface area contributed by atoms with Crippen LogP contribution in [0.15, 0.2) is 64.6 Å². The summed E-state index contributed by atoms with van der Waals surface area (Å²) in [6.07, 6.45) is 1.48. The number of nitriles is 1. The molecule has 0 fully saturated rings. The van der Waals surface area contributed by atoms with Crippen molar-refractivity contribution in [1.29, 1.82) is 5.26 Å². The van der Waals surface area contributed by atoms with Gasteiger partial charge in [0, 0.05) is 21.3 Å². The average molecular weight is 560 g/mol. The molecule has 3 aromatic carbocycles. The molecule has 3 aromatic rings. The standard InChI is InChI=1S/C26H21BrCl2N2O3/c1-3-33-24-12-17(11-21(27)25(24)34-15-18-6-4-5-7-22(18)28)10-19(14-30)26(32)31-20-9-8-16(2)23(29)13-20/h4-13H,3,15H2,1-2H3,(H,31,32)/b19-10-. The predicted octanol–water partition coefficient (Wildman–Crippen LogP) is 7.59. The lowest BCUT2D eigenvalue weighted by molar-refractivity contribution is -0.112. The van der Waals surface area contributed by atoms with Crippen LogP contribution < -0.4 is 14.8 Å². The number of nitrogens with one attached hydrogen (secondary N) is 1. The number of hydrogen-bond acceptors (Lipinski definition) is 4. The van der Waals surface area contributed by atoms with E-state index in [1.165, 1.54) is 6.08 Å². The van der Waals surface area contributed by atoms with Gasteiger partial charge in [0.2, 0.25) is 0 Å². The largest absolute Gasteiger partial charge is 0.490 e. The Balaban J connectivity index is 1.86. The first kappa shape index (κ1) is 25.6. The Morgan fingerprint density at radius 1 is 1.12 bits per heavy atom. The van der Waals surface area contributed by atoms with E-state index >= 15 is 0 Å². The van der Waals surface area contributed by atoms with Crippen LogP contribution in [0.2, 0.25) is 10.0 Å². The number of hydrogen-bond donors (Lipinski definition) is 1. The molecule has 0 saturated heterocycles. The zero-order chi connectivity index (χ0) is 24.7. The summed E-state index contributed by atoms with van der Waals surface area (Å²) in [5, 5.41) is 13.4. The Morgan fingerprint density at radius 3 is 2.56 bits per heavy atom. The van der Waals surface area contributed by atoms with Crippen molar-refractivity contribution in [3.05, 3.63) is 91.4 Å². The molecule has 1 N–H and O–H groups in total. The summed E-state index contributed by atoms with van der Waals surface area (Å²) in [6, 6.07) is 18.0. The highest BCUT2D eigenvalue weighted by molar-refractivity contribution is 9.10. The fraction of sp³-hybridized carbons (Fsp3) is 0.154. The van der Waals surface area contributed by atoms with Crippen LogP contribution in [0.4, 0.5) is 5.69 Å². The first-order valence-corrected chi connectivity index (χ1v) is 11.9. The third-order valence-electron chi connectivity index (χ3n) is 4.77. The molecule has 0 radical (unpaired) electrons. The van der Waals surface area contributed by atoms with Gasteiger partial charge in [-0.05, 0) is 77.3 Å². The minimum Gasteiger partial charge on any atom is -0.490 e. The molecule has 0 aliphatic carbocycles. The zero-order valence-corrected chi connectivity index (χ0v) is 21.6. The Kier molecular flexibility index (Phi) is 9.00. The molecule has 0 aliphatic rings. The maximum atomic E-state index is 12.7. The molecule has 0 saturated carbocycles. The molecule has 5 nitrogen and oxygen atoms in total. The lowest BCUT2D eigenvalue weighted by Gasteiger charge is -2.15. The first-order chi connectivity index (χ1) is 16.3. The van der Waals surface area contributed by atoms with Crippen molar-refractivity contribution in [2.45, 2.75) is 20.5 Å². The number of carbonyl (C=O) groups excluding carboxylic acids is 1. The van der Waals surface area contributed by atoms with E-state index in [4.69, 9.17) is 32.7 Å². The molecule has 0 heterocycles. The van der Waals surface area contributed by atoms with Crippen molar-refractivity contribution in [2.24, 2.45) is 0 Å². The van der Waals surface area contributed by atoms with Gasteiger partial charge < -0.3 is 14.8 Å². The number of nitrogens with zero attached hydrogens (tertiary/aromatic N) is 1. The highest BCUT2D eigenvalue weighted by Gasteiger charge is 2.15. The van der Waals surface area contributed by atoms with Crippen LogP contribution in [0.1, 0.15) is 23.6 Å². The third-order valence-corrected chi connectivity index (χ3v) is 6.13. The smallest absolute Gasteiger partial charge is 0.266 e. The van der Waals surface area contributed by atoms with Crippen LogP contribution in [-0.4, -0.2) is 12.5 Å². The fourth-order valence-corrected chi connectivity index (χ4v) is 3.97. The van der Waals surface area contributed by atoms with Gasteiger partial charge in [0.15, 0.2) is 11.5 Å². The maximum Gasteiger partial charge on any atom is 0.266 e. The van der Waals surface area contributed by atoms with E-state index in [2.05, 4.69) is 21.2 Å². The monoisotopic (exact) mass is 558 g/mol. The minimum absolute atomic E-state index is 0.0734. The molecule has 0 spiro atoms. The Labute approximate surface area is 217 Å². The van der Waals surface area contributed by atoms with E-state index in [0.717, 1.165) is 11.1 Å². The molecule has 1 amide bonds. The number of amides is 1. The molecule has 174 valence electrons. The van der Waals surface area contributed by atoms with Gasteiger partial charge in [-0.1, -0.05) is 47.5 Å². The Bertz CT molecular complexity index is 1290. The summed E-state index contributed by atoms with van der Waals surface area (Å²) in [4.78, 5) is 12.7. The molecule has 3 rings (SSSR count). The van der Waals surface area contributed by atoms with Crippen molar-refractivity contribution in [2.75, 3.05) is 11.9 Å². The van der Waals surface area contributed by atoms with E-state index in [9.17, 15) is 10.1 Å². The van der Waals surface area contributed by atoms with E-state index in [1.807, 2.05) is 38.1 Å². The lowest BCUT2D eigenvalue weighted by atomic mass is 10.1. The number of carbonyl (C=O) groups is 1. The number of benzene rings is 3. The van der Waals surface area contributed by atoms with Crippen LogP contribution in [0.3, 0.4) is 0 Å². The molecule has 0 bridgehead atoms. The van der Waals surface area contributed by atoms with Gasteiger partial charge in [0.1, 0.15) is 18.2 Å². The average Bonchev–Trinajstić information content (AvgIpc) is 2.80. The zero-order valence-electron chi connectivity index (χ0n) is 18.5. The van der Waals surface area contributed by atoms with Crippen LogP contribution in [0, 0.1) is 18.3 Å². The van der Waals surface area contributed by atoms with Gasteiger partial charge in [-0.25, -0.2) is 0 Å². The van der Waals surface area contributed by atoms with E-state index in [-0.39, 0.29) is 12.2 Å². The Morgan fingerprint density at radius 2 is 1.88 bits per heavy atom. The summed E-state index contributed by atoms with van der Waals surface area (Å²) in [5.74, 6) is 0.421. The lowest BCUT2D eigenvalue weighted by Crippen LogP contribution is -2.13. The number of halogens is 3. The SMILES string of the molecule is CCOc1cc(/C=C(/C#N)C(=O)Nc2ccc(C)c(Cl)c2)cc(Br)c1OCc1ccccc1Cl. The van der Waals surface area contributed by atoms with Crippen LogP contribution in [-0.2, 0) is 11.4 Å². The quantitative estimate of drug-likeness (QED) is 0.228. The second-order valence-corrected chi connectivity index (χ2v) is 8.90. The summed E-state index contributed by atoms with van der Waals surface area (Å²) in [5.41, 5.74) is 2.74. The number of anilines is 1. The Hall–Kier alpha value is -2.98. The van der Waals surface area contributed by atoms with Crippen LogP contribution in [0.25, 0.3) is 6.08 Å². The van der Waals surface area contributed by atoms with Gasteiger partial charge in [-0.15, -0.1) is 0 Å². The molecule has 0 aliphatic heterocycles. The third kappa shape index (κ3) is 6.54. The summed E-state index contributed by atoms with van der Waals surface area (Å²) >= 11 is 15.9. The van der Waals surface area contributed by atoms with Gasteiger partial charge in [0.25, 0.3) is 5.91 Å². The molecule has 8 heteroatoms. The number of ether oxygens (including phenoxy) is 2. The topological polar surface area (TPSA) is 71.3 Å². The van der Waals surface area contributed by atoms with Gasteiger partial charge in [0.05, 0.1) is 11.1 Å². The molecular formula is C26H21BrCl2N2O3. The van der Waals surface area contributed by atoms with Gasteiger partial charge in [-0.2, -0.15) is 5.26 Å². The number of aryl methyl sites for hydroxylation is 1. The van der Waals surface area contributed by atoms with Crippen molar-refractivity contribution >= 4 is 56.8 Å². The van der Waals surface area contributed by atoms with Crippen molar-refractivity contribution in [3.8, 4) is 17.6 Å². The predicted molar refractivity (Wildman–Crippen MR) is 140 cm³/mol. The summed E-state index contributed by atoms with van der Waals surface area (Å²) in [7, 11) is 0. The summed E-state index contributed by atoms with van der Waals surface area (Å²) in [6.45, 7) is 4.37. The van der Waals surface area contributed by atoms with Crippen LogP contribution in [0.5, 0.6) is 11.5 Å². The molecule has 0 atom stereocenters. The molecular weight excluding hydrogens is 539 g/mol. The molecule has 0 unspecified atom stereocenters. The van der Waals surface area contributed by atoms with Crippen LogP contribution >= 0.6 is 39.1 Å². The van der Waals surface area contributed by atoms with Gasteiger partial charge in [-0.3, -0.25) is 4.79 Å². The maximum absolute atomic E-state index is 12.7. The molecule has 34 heavy (non-hydrogen) atoms. The highest BCUT2D eigenvalue weighted by atomic mass is 79.9. The first-order valence-electron chi connectivity index (χ1n) is 10.3. The summed E-state index contributed by atoms with van der Waals surface area (Å²) < 4.78 is 12.4. The van der Waals surface area contributed by atoms with E-state index < -0.39 is 5.91 Å².